The van der Waals surface area contributed by atoms with Crippen LogP contribution < -0.4 is 5.32 Å². The summed E-state index contributed by atoms with van der Waals surface area (Å²) in [5, 5.41) is 32.7. The van der Waals surface area contributed by atoms with Gasteiger partial charge < -0.3 is 15.2 Å². The first kappa shape index (κ1) is 18.3. The molecule has 9 nitrogen and oxygen atoms in total. The maximum Gasteiger partial charge on any atom is 0.316 e. The molecule has 0 spiro atoms. The van der Waals surface area contributed by atoms with Crippen molar-refractivity contribution < 1.29 is 24.4 Å². The highest BCUT2D eigenvalue weighted by molar-refractivity contribution is 8.03. The maximum absolute atomic E-state index is 12.0. The second-order valence-electron chi connectivity index (χ2n) is 5.03. The van der Waals surface area contributed by atoms with Crippen molar-refractivity contribution in [3.8, 4) is 11.8 Å². The van der Waals surface area contributed by atoms with E-state index in [9.17, 15) is 30.1 Å². The minimum Gasteiger partial charge on any atom is -0.502 e. The van der Waals surface area contributed by atoms with Crippen LogP contribution >= 0.6 is 11.8 Å². The molecule has 1 amide bonds. The Morgan fingerprint density at radius 3 is 2.92 bits per heavy atom. The van der Waals surface area contributed by atoms with Gasteiger partial charge in [-0.2, -0.15) is 5.26 Å². The predicted octanol–water partition coefficient (Wildman–Crippen LogP) is 1.55. The lowest BCUT2D eigenvalue weighted by Crippen LogP contribution is -2.31. The molecule has 10 heteroatoms. The number of hydrogen-bond donors (Lipinski definition) is 2. The van der Waals surface area contributed by atoms with E-state index < -0.39 is 28.2 Å². The summed E-state index contributed by atoms with van der Waals surface area (Å²) in [4.78, 5) is 33.5. The number of carbonyl (C=O) groups is 2. The molecule has 1 aliphatic rings. The maximum atomic E-state index is 12.0. The number of amides is 1. The zero-order valence-electron chi connectivity index (χ0n) is 13.0. The number of nitriles is 1. The summed E-state index contributed by atoms with van der Waals surface area (Å²) in [6.45, 7) is 0. The van der Waals surface area contributed by atoms with Gasteiger partial charge in [-0.05, 0) is 11.6 Å². The van der Waals surface area contributed by atoms with Crippen LogP contribution in [0.3, 0.4) is 0 Å². The molecule has 2 N–H and O–H groups in total. The van der Waals surface area contributed by atoms with Gasteiger partial charge in [0, 0.05) is 18.4 Å². The van der Waals surface area contributed by atoms with E-state index in [-0.39, 0.29) is 28.7 Å². The third-order valence-electron chi connectivity index (χ3n) is 3.52. The smallest absolute Gasteiger partial charge is 0.316 e. The van der Waals surface area contributed by atoms with Crippen LogP contribution in [0.15, 0.2) is 28.8 Å². The Balaban J connectivity index is 2.43. The van der Waals surface area contributed by atoms with E-state index in [2.05, 4.69) is 10.1 Å². The average Bonchev–Trinajstić information content (AvgIpc) is 2.59. The highest BCUT2D eigenvalue weighted by Crippen LogP contribution is 2.38. The van der Waals surface area contributed by atoms with E-state index in [0.29, 0.717) is 5.56 Å². The summed E-state index contributed by atoms with van der Waals surface area (Å²) >= 11 is 0.946. The number of rotatable bonds is 5. The van der Waals surface area contributed by atoms with Crippen molar-refractivity contribution >= 4 is 29.3 Å². The summed E-state index contributed by atoms with van der Waals surface area (Å²) in [6, 6.07) is 5.70. The first-order chi connectivity index (χ1) is 11.9. The van der Waals surface area contributed by atoms with E-state index in [4.69, 9.17) is 0 Å². The quantitative estimate of drug-likeness (QED) is 0.456. The summed E-state index contributed by atoms with van der Waals surface area (Å²) in [6.07, 6.45) is -0.0763. The first-order valence-electron chi connectivity index (χ1n) is 6.98. The fraction of sp³-hybridized carbons (Fsp3) is 0.267. The van der Waals surface area contributed by atoms with Crippen molar-refractivity contribution in [3.05, 3.63) is 44.5 Å². The topological polar surface area (TPSA) is 143 Å². The van der Waals surface area contributed by atoms with E-state index in [1.165, 1.54) is 13.2 Å². The zero-order chi connectivity index (χ0) is 18.6. The lowest BCUT2D eigenvalue weighted by atomic mass is 9.87. The molecule has 1 atom stereocenters. The number of allylic oxidation sites excluding steroid dienone is 1. The van der Waals surface area contributed by atoms with Crippen molar-refractivity contribution in [1.29, 1.82) is 5.26 Å². The number of thioether (sulfide) groups is 1. The number of esters is 1. The summed E-state index contributed by atoms with van der Waals surface area (Å²) in [7, 11) is 1.22. The number of nitro benzene ring substituents is 1. The fourth-order valence-electron chi connectivity index (χ4n) is 2.31. The van der Waals surface area contributed by atoms with Gasteiger partial charge in [0.25, 0.3) is 0 Å². The summed E-state index contributed by atoms with van der Waals surface area (Å²) in [5.41, 5.74) is 0.0325. The molecule has 0 radical (unpaired) electrons. The second kappa shape index (κ2) is 7.67. The Bertz CT molecular complexity index is 814. The lowest BCUT2D eigenvalue weighted by molar-refractivity contribution is -0.385. The van der Waals surface area contributed by atoms with Gasteiger partial charge >= 0.3 is 11.7 Å². The molecule has 0 saturated carbocycles. The third kappa shape index (κ3) is 4.07. The number of methoxy groups -OCH3 is 1. The van der Waals surface area contributed by atoms with Gasteiger partial charge in [-0.1, -0.05) is 17.8 Å². The molecule has 0 fully saturated rings. The van der Waals surface area contributed by atoms with Crippen LogP contribution in [0, 0.1) is 21.4 Å². The van der Waals surface area contributed by atoms with Crippen molar-refractivity contribution in [1.82, 2.24) is 5.32 Å². The van der Waals surface area contributed by atoms with Crippen LogP contribution in [-0.2, 0) is 14.3 Å². The highest BCUT2D eigenvalue weighted by Gasteiger charge is 2.31. The Morgan fingerprint density at radius 2 is 2.32 bits per heavy atom. The van der Waals surface area contributed by atoms with Gasteiger partial charge in [0.2, 0.25) is 5.91 Å². The van der Waals surface area contributed by atoms with E-state index in [0.717, 1.165) is 23.9 Å². The molecule has 0 aliphatic carbocycles. The van der Waals surface area contributed by atoms with Gasteiger partial charge in [0.15, 0.2) is 5.75 Å². The van der Waals surface area contributed by atoms with E-state index in [1.807, 2.05) is 6.07 Å². The molecule has 25 heavy (non-hydrogen) atoms. The Labute approximate surface area is 146 Å². The molecule has 0 aromatic heterocycles. The minimum atomic E-state index is -0.746. The Hall–Kier alpha value is -3.06. The highest BCUT2D eigenvalue weighted by atomic mass is 32.2. The third-order valence-corrected chi connectivity index (χ3v) is 4.51. The van der Waals surface area contributed by atoms with E-state index >= 15 is 0 Å². The van der Waals surface area contributed by atoms with Gasteiger partial charge in [-0.25, -0.2) is 0 Å². The largest absolute Gasteiger partial charge is 0.502 e. The first-order valence-corrected chi connectivity index (χ1v) is 7.97. The van der Waals surface area contributed by atoms with Crippen LogP contribution in [0.25, 0.3) is 0 Å². The van der Waals surface area contributed by atoms with Crippen LogP contribution in [0.4, 0.5) is 5.69 Å². The second-order valence-corrected chi connectivity index (χ2v) is 6.02. The fourth-order valence-corrected chi connectivity index (χ4v) is 3.22. The van der Waals surface area contributed by atoms with Gasteiger partial charge in [0.1, 0.15) is 0 Å². The zero-order valence-corrected chi connectivity index (χ0v) is 13.8. The number of phenols is 1. The molecule has 2 rings (SSSR count). The molecule has 1 aliphatic heterocycles. The number of aromatic hydroxyl groups is 1. The molecule has 0 bridgehead atoms. The van der Waals surface area contributed by atoms with Crippen LogP contribution in [0.2, 0.25) is 0 Å². The molecule has 1 unspecified atom stereocenters. The van der Waals surface area contributed by atoms with Crippen LogP contribution in [0.5, 0.6) is 5.75 Å². The molecule has 1 aromatic carbocycles. The molecule has 0 saturated heterocycles. The SMILES string of the molecule is COC(=O)CSC1=C(C#N)C(c2ccc(O)c([N+](=O)[O-])c2)CC(=O)N1. The van der Waals surface area contributed by atoms with Crippen molar-refractivity contribution in [2.45, 2.75) is 12.3 Å². The van der Waals surface area contributed by atoms with Gasteiger partial charge in [-0.15, -0.1) is 0 Å². The van der Waals surface area contributed by atoms with Crippen molar-refractivity contribution in [2.75, 3.05) is 12.9 Å². The number of phenolic OH excluding ortho intramolecular Hbond substituents is 1. The van der Waals surface area contributed by atoms with Crippen molar-refractivity contribution in [3.63, 3.8) is 0 Å². The monoisotopic (exact) mass is 363 g/mol. The number of nitrogens with zero attached hydrogens (tertiary/aromatic N) is 2. The van der Waals surface area contributed by atoms with Crippen molar-refractivity contribution in [2.24, 2.45) is 0 Å². The molecular weight excluding hydrogens is 350 g/mol. The van der Waals surface area contributed by atoms with Gasteiger partial charge in [-0.3, -0.25) is 19.7 Å². The number of nitro groups is 1. The number of benzene rings is 1. The van der Waals surface area contributed by atoms with E-state index in [1.54, 1.807) is 0 Å². The molecule has 1 heterocycles. The van der Waals surface area contributed by atoms with Crippen LogP contribution in [-0.4, -0.2) is 34.8 Å². The standard InChI is InChI=1S/C15H13N3O6S/c1-24-14(21)7-25-15-10(6-16)9(5-13(20)17-15)8-2-3-12(19)11(4-8)18(22)23/h2-4,9,19H,5,7H2,1H3,(H,17,20). The minimum absolute atomic E-state index is 0.0763. The average molecular weight is 363 g/mol. The number of ether oxygens (including phenoxy) is 1. The molecule has 130 valence electrons. The molecule has 1 aromatic rings. The summed E-state index contributed by atoms with van der Waals surface area (Å²) in [5.74, 6) is -2.21. The normalized spacial score (nSPS) is 16.8. The number of hydrogen-bond acceptors (Lipinski definition) is 8. The van der Waals surface area contributed by atoms with Crippen LogP contribution in [0.1, 0.15) is 17.9 Å². The molecular formula is C15H13N3O6S. The number of carbonyl (C=O) groups excluding carboxylic acids is 2. The summed E-state index contributed by atoms with van der Waals surface area (Å²) < 4.78 is 4.52. The Morgan fingerprint density at radius 1 is 1.60 bits per heavy atom. The van der Waals surface area contributed by atoms with Gasteiger partial charge in [0.05, 0.1) is 34.5 Å². The Kier molecular flexibility index (Phi) is 5.61. The number of nitrogens with one attached hydrogen (secondary N) is 1. The lowest BCUT2D eigenvalue weighted by Gasteiger charge is -2.24. The predicted molar refractivity (Wildman–Crippen MR) is 87.4 cm³/mol.